The lowest BCUT2D eigenvalue weighted by molar-refractivity contribution is -0.241. The Hall–Kier alpha value is -1.35. The summed E-state index contributed by atoms with van der Waals surface area (Å²) >= 11 is 0. The van der Waals surface area contributed by atoms with Crippen molar-refractivity contribution >= 4 is 5.97 Å². The van der Waals surface area contributed by atoms with Gasteiger partial charge in [-0.05, 0) is 31.9 Å². The molecule has 0 aromatic heterocycles. The van der Waals surface area contributed by atoms with Crippen molar-refractivity contribution in [3.63, 3.8) is 0 Å². The number of aryl methyl sites for hydroxylation is 2. The lowest BCUT2D eigenvalue weighted by atomic mass is 10.0. The van der Waals surface area contributed by atoms with Gasteiger partial charge in [0.1, 0.15) is 0 Å². The predicted molar refractivity (Wildman–Crippen MR) is 127 cm³/mol. The highest BCUT2D eigenvalue weighted by atomic mass is 17.2. The van der Waals surface area contributed by atoms with Crippen LogP contribution in [0.15, 0.2) is 18.2 Å². The van der Waals surface area contributed by atoms with Gasteiger partial charge in [0.2, 0.25) is 0 Å². The number of carbonyl (C=O) groups is 1. The monoisotopic (exact) mass is 418 g/mol. The van der Waals surface area contributed by atoms with Gasteiger partial charge < -0.3 is 0 Å². The van der Waals surface area contributed by atoms with Crippen molar-refractivity contribution in [1.82, 2.24) is 0 Å². The summed E-state index contributed by atoms with van der Waals surface area (Å²) in [5, 5.41) is 0. The lowest BCUT2D eigenvalue weighted by Crippen LogP contribution is -2.09. The summed E-state index contributed by atoms with van der Waals surface area (Å²) in [6, 6.07) is 5.76. The third-order valence-corrected chi connectivity index (χ3v) is 5.83. The molecule has 0 bridgehead atoms. The Labute approximate surface area is 185 Å². The molecular weight excluding hydrogens is 372 g/mol. The van der Waals surface area contributed by atoms with Crippen LogP contribution in [-0.4, -0.2) is 12.6 Å². The molecule has 1 rings (SSSR count). The van der Waals surface area contributed by atoms with Crippen molar-refractivity contribution in [2.75, 3.05) is 6.61 Å². The Morgan fingerprint density at radius 2 is 1.17 bits per heavy atom. The SMILES string of the molecule is CCCCCCCCCCCCCCCCCCOOC(=O)c1cc(C)ccc1C. The molecule has 0 unspecified atom stereocenters. The number of benzene rings is 1. The van der Waals surface area contributed by atoms with Crippen LogP contribution in [0.4, 0.5) is 0 Å². The molecule has 0 aliphatic rings. The fourth-order valence-corrected chi connectivity index (χ4v) is 3.80. The summed E-state index contributed by atoms with van der Waals surface area (Å²) < 4.78 is 0. The fourth-order valence-electron chi connectivity index (χ4n) is 3.80. The Bertz CT molecular complexity index is 553. The number of unbranched alkanes of at least 4 members (excludes halogenated alkanes) is 15. The third-order valence-electron chi connectivity index (χ3n) is 5.83. The summed E-state index contributed by atoms with van der Waals surface area (Å²) in [7, 11) is 0. The molecule has 172 valence electrons. The molecule has 0 radical (unpaired) electrons. The molecule has 30 heavy (non-hydrogen) atoms. The molecule has 0 N–H and O–H groups in total. The molecule has 3 heteroatoms. The van der Waals surface area contributed by atoms with Crippen LogP contribution < -0.4 is 0 Å². The van der Waals surface area contributed by atoms with E-state index in [9.17, 15) is 4.79 Å². The van der Waals surface area contributed by atoms with Gasteiger partial charge in [0, 0.05) is 0 Å². The van der Waals surface area contributed by atoms with E-state index in [0.717, 1.165) is 24.0 Å². The molecule has 0 atom stereocenters. The first-order valence-corrected chi connectivity index (χ1v) is 12.6. The minimum absolute atomic E-state index is 0.396. The van der Waals surface area contributed by atoms with Crippen LogP contribution in [0.1, 0.15) is 131 Å². The number of rotatable bonds is 19. The van der Waals surface area contributed by atoms with E-state index >= 15 is 0 Å². The second kappa shape index (κ2) is 18.4. The van der Waals surface area contributed by atoms with Crippen LogP contribution in [-0.2, 0) is 9.78 Å². The Morgan fingerprint density at radius 1 is 0.700 bits per heavy atom. The maximum absolute atomic E-state index is 12.0. The molecule has 0 saturated heterocycles. The zero-order valence-electron chi connectivity index (χ0n) is 20.0. The van der Waals surface area contributed by atoms with E-state index in [4.69, 9.17) is 9.78 Å². The minimum atomic E-state index is -0.396. The van der Waals surface area contributed by atoms with Crippen molar-refractivity contribution in [3.05, 3.63) is 34.9 Å². The van der Waals surface area contributed by atoms with Crippen LogP contribution in [0.2, 0.25) is 0 Å². The van der Waals surface area contributed by atoms with Crippen LogP contribution in [0.5, 0.6) is 0 Å². The number of hydrogen-bond acceptors (Lipinski definition) is 3. The second-order valence-corrected chi connectivity index (χ2v) is 8.81. The van der Waals surface area contributed by atoms with Crippen molar-refractivity contribution < 1.29 is 14.6 Å². The summed E-state index contributed by atoms with van der Waals surface area (Å²) in [6.07, 6.45) is 21.5. The van der Waals surface area contributed by atoms with E-state index in [2.05, 4.69) is 6.92 Å². The van der Waals surface area contributed by atoms with E-state index in [0.29, 0.717) is 12.2 Å². The first-order chi connectivity index (χ1) is 14.6. The first-order valence-electron chi connectivity index (χ1n) is 12.6. The van der Waals surface area contributed by atoms with Crippen molar-refractivity contribution in [2.45, 2.75) is 124 Å². The number of hydrogen-bond donors (Lipinski definition) is 0. The molecular formula is C27H46O3. The number of carbonyl (C=O) groups excluding carboxylic acids is 1. The van der Waals surface area contributed by atoms with Gasteiger partial charge in [0.05, 0.1) is 12.2 Å². The lowest BCUT2D eigenvalue weighted by Gasteiger charge is -2.07. The largest absolute Gasteiger partial charge is 0.373 e. The van der Waals surface area contributed by atoms with Gasteiger partial charge in [-0.25, -0.2) is 4.79 Å². The average Bonchev–Trinajstić information content (AvgIpc) is 2.74. The zero-order valence-corrected chi connectivity index (χ0v) is 20.0. The van der Waals surface area contributed by atoms with Crippen molar-refractivity contribution in [3.8, 4) is 0 Å². The Kier molecular flexibility index (Phi) is 16.4. The summed E-state index contributed by atoms with van der Waals surface area (Å²) in [6.45, 7) is 6.64. The van der Waals surface area contributed by atoms with Gasteiger partial charge >= 0.3 is 5.97 Å². The summed E-state index contributed by atoms with van der Waals surface area (Å²) in [5.74, 6) is -0.396. The quantitative estimate of drug-likeness (QED) is 0.128. The predicted octanol–water partition coefficient (Wildman–Crippen LogP) is 8.65. The summed E-state index contributed by atoms with van der Waals surface area (Å²) in [5.41, 5.74) is 2.55. The van der Waals surface area contributed by atoms with Gasteiger partial charge in [-0.3, -0.25) is 4.89 Å². The maximum atomic E-state index is 12.0. The molecule has 3 nitrogen and oxygen atoms in total. The standard InChI is InChI=1S/C27H46O3/c1-4-5-6-7-8-9-10-11-12-13-14-15-16-17-18-19-22-29-30-27(28)26-23-24(2)20-21-25(26)3/h20-21,23H,4-19,22H2,1-3H3. The zero-order chi connectivity index (χ0) is 21.9. The Morgan fingerprint density at radius 3 is 1.67 bits per heavy atom. The van der Waals surface area contributed by atoms with Gasteiger partial charge in [-0.1, -0.05) is 121 Å². The van der Waals surface area contributed by atoms with E-state index in [1.54, 1.807) is 0 Å². The topological polar surface area (TPSA) is 35.5 Å². The molecule has 1 aromatic carbocycles. The van der Waals surface area contributed by atoms with Crippen LogP contribution in [0.25, 0.3) is 0 Å². The van der Waals surface area contributed by atoms with Gasteiger partial charge in [0.25, 0.3) is 0 Å². The van der Waals surface area contributed by atoms with E-state index in [-0.39, 0.29) is 0 Å². The van der Waals surface area contributed by atoms with Gasteiger partial charge in [-0.15, -0.1) is 0 Å². The molecule has 0 amide bonds. The normalized spacial score (nSPS) is 11.0. The molecule has 1 aromatic rings. The van der Waals surface area contributed by atoms with Gasteiger partial charge in [-0.2, -0.15) is 4.89 Å². The van der Waals surface area contributed by atoms with E-state index < -0.39 is 5.97 Å². The Balaban J connectivity index is 1.82. The third kappa shape index (κ3) is 13.8. The summed E-state index contributed by atoms with van der Waals surface area (Å²) in [4.78, 5) is 22.1. The highest BCUT2D eigenvalue weighted by Crippen LogP contribution is 2.14. The first kappa shape index (κ1) is 26.7. The fraction of sp³-hybridized carbons (Fsp3) is 0.741. The van der Waals surface area contributed by atoms with Crippen LogP contribution >= 0.6 is 0 Å². The highest BCUT2D eigenvalue weighted by Gasteiger charge is 2.11. The minimum Gasteiger partial charge on any atom is -0.293 e. The van der Waals surface area contributed by atoms with E-state index in [1.165, 1.54) is 89.9 Å². The highest BCUT2D eigenvalue weighted by molar-refractivity contribution is 5.90. The van der Waals surface area contributed by atoms with Gasteiger partial charge in [0.15, 0.2) is 0 Å². The molecule has 0 spiro atoms. The smallest absolute Gasteiger partial charge is 0.293 e. The maximum Gasteiger partial charge on any atom is 0.373 e. The van der Waals surface area contributed by atoms with Crippen molar-refractivity contribution in [2.24, 2.45) is 0 Å². The second-order valence-electron chi connectivity index (χ2n) is 8.81. The molecule has 0 aliphatic heterocycles. The molecule has 0 saturated carbocycles. The van der Waals surface area contributed by atoms with Crippen LogP contribution in [0, 0.1) is 13.8 Å². The average molecular weight is 419 g/mol. The molecule has 0 fully saturated rings. The molecule has 0 heterocycles. The van der Waals surface area contributed by atoms with Crippen LogP contribution in [0.3, 0.4) is 0 Å². The van der Waals surface area contributed by atoms with Crippen molar-refractivity contribution in [1.29, 1.82) is 0 Å². The van der Waals surface area contributed by atoms with E-state index in [1.807, 2.05) is 32.0 Å². The molecule has 0 aliphatic carbocycles.